The Bertz CT molecular complexity index is 425. The van der Waals surface area contributed by atoms with E-state index in [9.17, 15) is 4.21 Å². The average Bonchev–Trinajstić information content (AvgIpc) is 2.40. The lowest BCUT2D eigenvalue weighted by Crippen LogP contribution is -2.30. The van der Waals surface area contributed by atoms with Crippen molar-refractivity contribution in [2.45, 2.75) is 38.0 Å². The molecule has 1 saturated heterocycles. The fraction of sp³-hybridized carbons (Fsp3) is 0.600. The van der Waals surface area contributed by atoms with E-state index in [1.165, 1.54) is 24.0 Å². The van der Waals surface area contributed by atoms with Gasteiger partial charge in [0.1, 0.15) is 0 Å². The highest BCUT2D eigenvalue weighted by atomic mass is 32.2. The van der Waals surface area contributed by atoms with Crippen LogP contribution in [0.15, 0.2) is 23.1 Å². The molecule has 0 aliphatic carbocycles. The molecule has 0 amide bonds. The lowest BCUT2D eigenvalue weighted by molar-refractivity contribution is 0.370. The fourth-order valence-electron chi connectivity index (χ4n) is 2.42. The van der Waals surface area contributed by atoms with E-state index in [0.29, 0.717) is 5.92 Å². The number of nitrogens with one attached hydrogen (secondary N) is 1. The Labute approximate surface area is 113 Å². The second kappa shape index (κ2) is 6.48. The van der Waals surface area contributed by atoms with Gasteiger partial charge >= 0.3 is 0 Å². The Morgan fingerprint density at radius 1 is 1.33 bits per heavy atom. The molecule has 0 saturated carbocycles. The second-order valence-corrected chi connectivity index (χ2v) is 6.87. The van der Waals surface area contributed by atoms with Crippen LogP contribution in [-0.4, -0.2) is 23.1 Å². The highest BCUT2D eigenvalue weighted by Gasteiger charge is 2.14. The highest BCUT2D eigenvalue weighted by molar-refractivity contribution is 7.85. The quantitative estimate of drug-likeness (QED) is 0.907. The van der Waals surface area contributed by atoms with Gasteiger partial charge in [-0.2, -0.15) is 0 Å². The van der Waals surface area contributed by atoms with Gasteiger partial charge in [0, 0.05) is 10.6 Å². The van der Waals surface area contributed by atoms with Gasteiger partial charge in [0.05, 0.1) is 10.8 Å². The van der Waals surface area contributed by atoms with Crippen molar-refractivity contribution in [3.63, 3.8) is 0 Å². The summed E-state index contributed by atoms with van der Waals surface area (Å²) in [5, 5.41) is 3.42. The third-order valence-electron chi connectivity index (χ3n) is 3.85. The summed E-state index contributed by atoms with van der Waals surface area (Å²) < 4.78 is 12.2. The first kappa shape index (κ1) is 13.8. The van der Waals surface area contributed by atoms with Gasteiger partial charge in [-0.05, 0) is 75.4 Å². The summed E-state index contributed by atoms with van der Waals surface area (Å²) in [6.07, 6.45) is 3.63. The van der Waals surface area contributed by atoms with Crippen LogP contribution in [0.3, 0.4) is 0 Å². The van der Waals surface area contributed by atoms with Gasteiger partial charge < -0.3 is 5.32 Å². The monoisotopic (exact) mass is 265 g/mol. The Hall–Kier alpha value is -0.670. The summed E-state index contributed by atoms with van der Waals surface area (Å²) >= 11 is 0. The standard InChI is InChI=1S/C15H23NOS/c1-12-5-6-15(10-13(12)2)18(17)9-7-14-4-3-8-16-11-14/h5-6,10,14,16H,3-4,7-9,11H2,1-2H3. The van der Waals surface area contributed by atoms with Crippen molar-refractivity contribution >= 4 is 10.8 Å². The summed E-state index contributed by atoms with van der Waals surface area (Å²) in [6, 6.07) is 6.16. The van der Waals surface area contributed by atoms with Crippen LogP contribution >= 0.6 is 0 Å². The molecule has 1 N–H and O–H groups in total. The molecule has 3 heteroatoms. The number of rotatable bonds is 4. The van der Waals surface area contributed by atoms with E-state index in [4.69, 9.17) is 0 Å². The summed E-state index contributed by atoms with van der Waals surface area (Å²) in [6.45, 7) is 6.43. The Morgan fingerprint density at radius 3 is 2.83 bits per heavy atom. The summed E-state index contributed by atoms with van der Waals surface area (Å²) in [4.78, 5) is 0.988. The minimum absolute atomic E-state index is 0.717. The molecule has 2 atom stereocenters. The lowest BCUT2D eigenvalue weighted by atomic mass is 9.97. The van der Waals surface area contributed by atoms with Crippen LogP contribution in [0.5, 0.6) is 0 Å². The van der Waals surface area contributed by atoms with Crippen molar-refractivity contribution in [3.8, 4) is 0 Å². The van der Waals surface area contributed by atoms with E-state index in [1.54, 1.807) is 0 Å². The molecule has 0 aromatic heterocycles. The predicted octanol–water partition coefficient (Wildman–Crippen LogP) is 2.80. The molecule has 2 nitrogen and oxygen atoms in total. The molecule has 2 unspecified atom stereocenters. The van der Waals surface area contributed by atoms with Gasteiger partial charge in [0.2, 0.25) is 0 Å². The van der Waals surface area contributed by atoms with Crippen LogP contribution in [0.4, 0.5) is 0 Å². The minimum Gasteiger partial charge on any atom is -0.316 e. The third kappa shape index (κ3) is 3.66. The van der Waals surface area contributed by atoms with Gasteiger partial charge in [-0.3, -0.25) is 4.21 Å². The highest BCUT2D eigenvalue weighted by Crippen LogP contribution is 2.18. The van der Waals surface area contributed by atoms with Crippen LogP contribution in [0.2, 0.25) is 0 Å². The van der Waals surface area contributed by atoms with Crippen molar-refractivity contribution in [3.05, 3.63) is 29.3 Å². The van der Waals surface area contributed by atoms with Crippen LogP contribution < -0.4 is 5.32 Å². The first-order valence-electron chi connectivity index (χ1n) is 6.83. The smallest absolute Gasteiger partial charge is 0.0529 e. The zero-order valence-corrected chi connectivity index (χ0v) is 12.2. The molecule has 18 heavy (non-hydrogen) atoms. The Balaban J connectivity index is 1.88. The van der Waals surface area contributed by atoms with Gasteiger partial charge in [-0.25, -0.2) is 0 Å². The number of hydrogen-bond donors (Lipinski definition) is 1. The summed E-state index contributed by atoms with van der Waals surface area (Å²) in [7, 11) is -0.831. The topological polar surface area (TPSA) is 29.1 Å². The van der Waals surface area contributed by atoms with Crippen molar-refractivity contribution in [2.24, 2.45) is 5.92 Å². The van der Waals surface area contributed by atoms with Crippen LogP contribution in [-0.2, 0) is 10.8 Å². The molecular formula is C15H23NOS. The molecule has 1 aliphatic heterocycles. The summed E-state index contributed by atoms with van der Waals surface area (Å²) in [5.74, 6) is 1.52. The molecule has 1 fully saturated rings. The Kier molecular flexibility index (Phi) is 4.95. The van der Waals surface area contributed by atoms with Crippen molar-refractivity contribution in [1.82, 2.24) is 5.32 Å². The van der Waals surface area contributed by atoms with Crippen LogP contribution in [0, 0.1) is 19.8 Å². The molecule has 0 bridgehead atoms. The minimum atomic E-state index is -0.831. The first-order chi connectivity index (χ1) is 8.66. The molecule has 100 valence electrons. The zero-order chi connectivity index (χ0) is 13.0. The SMILES string of the molecule is Cc1ccc(S(=O)CCC2CCCNC2)cc1C. The molecule has 1 heterocycles. The number of hydrogen-bond acceptors (Lipinski definition) is 2. The molecule has 1 aromatic carbocycles. The van der Waals surface area contributed by atoms with Crippen LogP contribution in [0.25, 0.3) is 0 Å². The lowest BCUT2D eigenvalue weighted by Gasteiger charge is -2.22. The van der Waals surface area contributed by atoms with E-state index < -0.39 is 10.8 Å². The number of benzene rings is 1. The molecule has 0 spiro atoms. The van der Waals surface area contributed by atoms with E-state index in [0.717, 1.165) is 30.2 Å². The number of piperidine rings is 1. The molecule has 1 aliphatic rings. The maximum Gasteiger partial charge on any atom is 0.0529 e. The van der Waals surface area contributed by atoms with Gasteiger partial charge in [-0.1, -0.05) is 6.07 Å². The van der Waals surface area contributed by atoms with Crippen LogP contribution in [0.1, 0.15) is 30.4 Å². The maximum atomic E-state index is 12.2. The maximum absolute atomic E-state index is 12.2. The molecule has 2 rings (SSSR count). The van der Waals surface area contributed by atoms with Crippen molar-refractivity contribution < 1.29 is 4.21 Å². The van der Waals surface area contributed by atoms with Gasteiger partial charge in [-0.15, -0.1) is 0 Å². The zero-order valence-electron chi connectivity index (χ0n) is 11.4. The molecular weight excluding hydrogens is 242 g/mol. The average molecular weight is 265 g/mol. The fourth-order valence-corrected chi connectivity index (χ4v) is 3.73. The second-order valence-electron chi connectivity index (χ2n) is 5.30. The first-order valence-corrected chi connectivity index (χ1v) is 8.15. The largest absolute Gasteiger partial charge is 0.316 e. The van der Waals surface area contributed by atoms with E-state index >= 15 is 0 Å². The predicted molar refractivity (Wildman–Crippen MR) is 77.4 cm³/mol. The van der Waals surface area contributed by atoms with E-state index in [-0.39, 0.29) is 0 Å². The number of aryl methyl sites for hydroxylation is 2. The molecule has 1 aromatic rings. The van der Waals surface area contributed by atoms with Crippen molar-refractivity contribution in [2.75, 3.05) is 18.8 Å². The van der Waals surface area contributed by atoms with Gasteiger partial charge in [0.25, 0.3) is 0 Å². The van der Waals surface area contributed by atoms with Crippen molar-refractivity contribution in [1.29, 1.82) is 0 Å². The normalized spacial score (nSPS) is 21.8. The van der Waals surface area contributed by atoms with E-state index in [1.807, 2.05) is 6.07 Å². The van der Waals surface area contributed by atoms with Gasteiger partial charge in [0.15, 0.2) is 0 Å². The third-order valence-corrected chi connectivity index (χ3v) is 5.24. The Morgan fingerprint density at radius 2 is 2.17 bits per heavy atom. The summed E-state index contributed by atoms with van der Waals surface area (Å²) in [5.41, 5.74) is 2.51. The molecule has 0 radical (unpaired) electrons. The van der Waals surface area contributed by atoms with E-state index in [2.05, 4.69) is 31.3 Å².